The largest absolute Gasteiger partial charge is 0.462 e. The first-order valence-electron chi connectivity index (χ1n) is 11.2. The Morgan fingerprint density at radius 1 is 1.26 bits per heavy atom. The summed E-state index contributed by atoms with van der Waals surface area (Å²) in [6.45, 7) is 13.0. The molecule has 174 valence electrons. The zero-order valence-electron chi connectivity index (χ0n) is 19.9. The van der Waals surface area contributed by atoms with Gasteiger partial charge in [0.05, 0.1) is 18.3 Å². The Balaban J connectivity index is 2.33. The second-order valence-corrected chi connectivity index (χ2v) is 9.18. The Morgan fingerprint density at radius 2 is 1.87 bits per heavy atom. The molecule has 6 atom stereocenters. The van der Waals surface area contributed by atoms with Crippen molar-refractivity contribution in [3.05, 3.63) is 34.9 Å². The third-order valence-electron chi connectivity index (χ3n) is 6.63. The topological polar surface area (TPSA) is 85.4 Å². The minimum absolute atomic E-state index is 0.120. The van der Waals surface area contributed by atoms with E-state index in [9.17, 15) is 14.7 Å². The number of ether oxygens (including phenoxy) is 3. The fourth-order valence-corrected chi connectivity index (χ4v) is 4.17. The van der Waals surface area contributed by atoms with Crippen LogP contribution in [0.15, 0.2) is 34.9 Å². The Kier molecular flexibility index (Phi) is 8.66. The van der Waals surface area contributed by atoms with Gasteiger partial charge in [-0.3, -0.25) is 0 Å². The molecule has 6 heteroatoms. The quantitative estimate of drug-likeness (QED) is 0.291. The predicted octanol–water partition coefficient (Wildman–Crippen LogP) is 4.27. The molecule has 0 saturated carbocycles. The van der Waals surface area contributed by atoms with Crippen LogP contribution in [-0.2, 0) is 23.8 Å². The Morgan fingerprint density at radius 3 is 2.48 bits per heavy atom. The van der Waals surface area contributed by atoms with Gasteiger partial charge in [-0.15, -0.1) is 0 Å². The summed E-state index contributed by atoms with van der Waals surface area (Å²) >= 11 is 0. The van der Waals surface area contributed by atoms with Crippen molar-refractivity contribution in [1.29, 1.82) is 0 Å². The molecule has 1 fully saturated rings. The number of allylic oxidation sites excluding steroid dienone is 3. The first kappa shape index (κ1) is 25.3. The molecule has 0 aromatic heterocycles. The minimum atomic E-state index is -0.837. The molecule has 31 heavy (non-hydrogen) atoms. The van der Waals surface area contributed by atoms with Crippen molar-refractivity contribution in [3.63, 3.8) is 0 Å². The van der Waals surface area contributed by atoms with Crippen molar-refractivity contribution in [1.82, 2.24) is 0 Å². The number of esters is 2. The molecule has 0 aromatic carbocycles. The van der Waals surface area contributed by atoms with Gasteiger partial charge in [0.2, 0.25) is 0 Å². The van der Waals surface area contributed by atoms with E-state index in [0.29, 0.717) is 17.6 Å². The maximum absolute atomic E-state index is 12.6. The highest BCUT2D eigenvalue weighted by Crippen LogP contribution is 2.47. The van der Waals surface area contributed by atoms with Gasteiger partial charge in [0.25, 0.3) is 0 Å². The molecule has 2 aliphatic rings. The van der Waals surface area contributed by atoms with Crippen LogP contribution in [0.2, 0.25) is 0 Å². The average Bonchev–Trinajstić information content (AvgIpc) is 3.41. The highest BCUT2D eigenvalue weighted by molar-refractivity contribution is 5.88. The van der Waals surface area contributed by atoms with Crippen molar-refractivity contribution in [3.8, 4) is 0 Å². The van der Waals surface area contributed by atoms with Crippen molar-refractivity contribution in [2.45, 2.75) is 91.6 Å². The first-order valence-corrected chi connectivity index (χ1v) is 11.2. The van der Waals surface area contributed by atoms with Gasteiger partial charge in [0.15, 0.2) is 0 Å². The summed E-state index contributed by atoms with van der Waals surface area (Å²) < 4.78 is 17.3. The van der Waals surface area contributed by atoms with Crippen LogP contribution >= 0.6 is 0 Å². The number of hydrogen-bond acceptors (Lipinski definition) is 6. The van der Waals surface area contributed by atoms with E-state index in [1.54, 1.807) is 39.8 Å². The molecular weight excluding hydrogens is 396 g/mol. The first-order chi connectivity index (χ1) is 14.5. The van der Waals surface area contributed by atoms with E-state index in [1.165, 1.54) is 0 Å². The smallest absolute Gasteiger partial charge is 0.333 e. The van der Waals surface area contributed by atoms with Crippen molar-refractivity contribution >= 4 is 11.9 Å². The van der Waals surface area contributed by atoms with Gasteiger partial charge in [-0.1, -0.05) is 30.7 Å². The number of aliphatic hydroxyl groups excluding tert-OH is 1. The second-order valence-electron chi connectivity index (χ2n) is 9.18. The molecule has 6 unspecified atom stereocenters. The van der Waals surface area contributed by atoms with Crippen LogP contribution in [0.1, 0.15) is 67.7 Å². The number of carbonyl (C=O) groups excluding carboxylic acids is 2. The fourth-order valence-electron chi connectivity index (χ4n) is 4.17. The molecule has 0 aromatic rings. The van der Waals surface area contributed by atoms with Crippen LogP contribution in [-0.4, -0.2) is 47.6 Å². The molecular formula is C25H38O6. The summed E-state index contributed by atoms with van der Waals surface area (Å²) in [6, 6.07) is 0. The molecule has 1 N–H and O–H groups in total. The maximum Gasteiger partial charge on any atom is 0.333 e. The molecule has 1 aliphatic heterocycles. The molecule has 0 spiro atoms. The van der Waals surface area contributed by atoms with Crippen LogP contribution in [0.3, 0.4) is 0 Å². The van der Waals surface area contributed by atoms with E-state index in [1.807, 2.05) is 20.8 Å². The highest BCUT2D eigenvalue weighted by Gasteiger charge is 2.58. The van der Waals surface area contributed by atoms with Crippen molar-refractivity contribution < 1.29 is 28.9 Å². The molecule has 6 nitrogen and oxygen atoms in total. The lowest BCUT2D eigenvalue weighted by molar-refractivity contribution is -0.155. The zero-order valence-corrected chi connectivity index (χ0v) is 19.9. The average molecular weight is 435 g/mol. The molecule has 0 amide bonds. The SMILES string of the molecule is CC=C(C)C(=O)OCC(C)C1C(OC(=O)C(C)=CC)CC(C)=CCCC2(C)OC2C1O. The second kappa shape index (κ2) is 10.6. The summed E-state index contributed by atoms with van der Waals surface area (Å²) in [6.07, 6.45) is 6.03. The monoisotopic (exact) mass is 434 g/mol. The predicted molar refractivity (Wildman–Crippen MR) is 119 cm³/mol. The van der Waals surface area contributed by atoms with Crippen LogP contribution in [0.4, 0.5) is 0 Å². The van der Waals surface area contributed by atoms with Crippen LogP contribution in [0.5, 0.6) is 0 Å². The van der Waals surface area contributed by atoms with E-state index in [-0.39, 0.29) is 24.6 Å². The van der Waals surface area contributed by atoms with Gasteiger partial charge in [-0.25, -0.2) is 9.59 Å². The normalized spacial score (nSPS) is 33.0. The standard InChI is InChI=1S/C25H38O6/c1-8-16(4)23(27)29-14-18(6)20-19(30-24(28)17(5)9-2)13-15(3)11-10-12-25(7)22(31-25)21(20)26/h8-9,11,18-22,26H,10,12-14H2,1-7H3. The molecule has 2 rings (SSSR count). The Labute approximate surface area is 186 Å². The van der Waals surface area contributed by atoms with E-state index >= 15 is 0 Å². The Hall–Kier alpha value is -1.92. The van der Waals surface area contributed by atoms with Gasteiger partial charge in [0.1, 0.15) is 12.2 Å². The van der Waals surface area contributed by atoms with E-state index in [0.717, 1.165) is 18.4 Å². The molecule has 0 bridgehead atoms. The van der Waals surface area contributed by atoms with Crippen LogP contribution < -0.4 is 0 Å². The molecule has 1 saturated heterocycles. The lowest BCUT2D eigenvalue weighted by atomic mass is 9.77. The van der Waals surface area contributed by atoms with Crippen molar-refractivity contribution in [2.24, 2.45) is 11.8 Å². The summed E-state index contributed by atoms with van der Waals surface area (Å²) in [5.41, 5.74) is 1.76. The van der Waals surface area contributed by atoms with Crippen LogP contribution in [0.25, 0.3) is 0 Å². The van der Waals surface area contributed by atoms with E-state index in [2.05, 4.69) is 6.08 Å². The third-order valence-corrected chi connectivity index (χ3v) is 6.63. The number of carbonyl (C=O) groups is 2. The lowest BCUT2D eigenvalue weighted by Gasteiger charge is -2.35. The number of rotatable bonds is 6. The molecule has 1 heterocycles. The Bertz CT molecular complexity index is 764. The number of hydrogen-bond donors (Lipinski definition) is 1. The van der Waals surface area contributed by atoms with E-state index < -0.39 is 29.7 Å². The molecule has 1 aliphatic carbocycles. The van der Waals surface area contributed by atoms with Gasteiger partial charge in [-0.05, 0) is 60.3 Å². The van der Waals surface area contributed by atoms with Crippen molar-refractivity contribution in [2.75, 3.05) is 6.61 Å². The van der Waals surface area contributed by atoms with Crippen LogP contribution in [0, 0.1) is 11.8 Å². The summed E-state index contributed by atoms with van der Waals surface area (Å²) in [5.74, 6) is -1.47. The summed E-state index contributed by atoms with van der Waals surface area (Å²) in [5, 5.41) is 11.3. The van der Waals surface area contributed by atoms with E-state index in [4.69, 9.17) is 14.2 Å². The zero-order chi connectivity index (χ0) is 23.3. The van der Waals surface area contributed by atoms with Gasteiger partial charge in [-0.2, -0.15) is 0 Å². The minimum Gasteiger partial charge on any atom is -0.462 e. The summed E-state index contributed by atoms with van der Waals surface area (Å²) in [7, 11) is 0. The summed E-state index contributed by atoms with van der Waals surface area (Å²) in [4.78, 5) is 24.8. The van der Waals surface area contributed by atoms with Gasteiger partial charge in [0, 0.05) is 23.5 Å². The van der Waals surface area contributed by atoms with Gasteiger partial charge < -0.3 is 19.3 Å². The lowest BCUT2D eigenvalue weighted by Crippen LogP contribution is -2.45. The number of fused-ring (bicyclic) bond motifs is 1. The maximum atomic E-state index is 12.6. The fraction of sp³-hybridized carbons (Fsp3) is 0.680. The number of aliphatic hydroxyl groups is 1. The van der Waals surface area contributed by atoms with Gasteiger partial charge >= 0.3 is 11.9 Å². The molecule has 0 radical (unpaired) electrons. The number of epoxide rings is 1. The third kappa shape index (κ3) is 6.30. The highest BCUT2D eigenvalue weighted by atomic mass is 16.6.